The molecule has 1 amide bonds. The van der Waals surface area contributed by atoms with Gasteiger partial charge in [0.2, 0.25) is 6.29 Å². The van der Waals surface area contributed by atoms with Crippen molar-refractivity contribution < 1.29 is 43.9 Å². The van der Waals surface area contributed by atoms with E-state index >= 15 is 0 Å². The number of aliphatic hydroxyl groups excluding tert-OH is 2. The van der Waals surface area contributed by atoms with Crippen molar-refractivity contribution in [2.45, 2.75) is 75.9 Å². The van der Waals surface area contributed by atoms with Crippen molar-refractivity contribution in [2.24, 2.45) is 0 Å². The van der Waals surface area contributed by atoms with Gasteiger partial charge in [-0.2, -0.15) is 0 Å². The molecule has 11 heteroatoms. The van der Waals surface area contributed by atoms with Gasteiger partial charge in [0, 0.05) is 24.9 Å². The Balaban J connectivity index is 1.12. The minimum absolute atomic E-state index is 0.0443. The molecular formula is C33H32ClNO9. The molecule has 3 aromatic rings. The molecule has 3 N–H and O–H groups in total. The lowest BCUT2D eigenvalue weighted by atomic mass is 10.0. The van der Waals surface area contributed by atoms with Crippen LogP contribution in [0.15, 0.2) is 60.7 Å². The number of amides is 1. The Hall–Kier alpha value is -3.96. The Kier molecular flexibility index (Phi) is 8.59. The number of ether oxygens (including phenoxy) is 3. The number of halogens is 1. The fourth-order valence-corrected chi connectivity index (χ4v) is 6.30. The molecule has 2 fully saturated rings. The molecule has 3 aliphatic rings. The van der Waals surface area contributed by atoms with E-state index in [0.717, 1.165) is 36.0 Å². The molecule has 0 radical (unpaired) electrons. The highest BCUT2D eigenvalue weighted by Crippen LogP contribution is 2.34. The molecule has 0 bridgehead atoms. The number of carboxylic acid groups (broad SMARTS) is 1. The zero-order valence-electron chi connectivity index (χ0n) is 23.7. The van der Waals surface area contributed by atoms with Crippen LogP contribution < -0.4 is 4.74 Å². The van der Waals surface area contributed by atoms with E-state index in [1.165, 1.54) is 0 Å². The van der Waals surface area contributed by atoms with Crippen molar-refractivity contribution >= 4 is 29.4 Å². The number of carbonyl (C=O) groups excluding carboxylic acids is 2. The summed E-state index contributed by atoms with van der Waals surface area (Å²) in [6.45, 7) is 0.720. The number of hydrogen-bond donors (Lipinski definition) is 3. The second-order valence-corrected chi connectivity index (χ2v) is 11.8. The molecule has 5 atom stereocenters. The lowest BCUT2D eigenvalue weighted by Crippen LogP contribution is -2.42. The second-order valence-electron chi connectivity index (χ2n) is 11.4. The average Bonchev–Trinajstić information content (AvgIpc) is 3.57. The predicted octanol–water partition coefficient (Wildman–Crippen LogP) is 4.56. The maximum Gasteiger partial charge on any atom is 0.341 e. The third kappa shape index (κ3) is 6.30. The molecule has 44 heavy (non-hydrogen) atoms. The molecule has 5 unspecified atom stereocenters. The number of fused-ring (bicyclic) bond motifs is 1. The smallest absolute Gasteiger partial charge is 0.341 e. The average molecular weight is 622 g/mol. The number of aliphatic carboxylic acids is 1. The third-order valence-electron chi connectivity index (χ3n) is 8.39. The molecule has 2 heterocycles. The summed E-state index contributed by atoms with van der Waals surface area (Å²) in [6.07, 6.45) is -1.65. The predicted molar refractivity (Wildman–Crippen MR) is 158 cm³/mol. The van der Waals surface area contributed by atoms with Crippen molar-refractivity contribution in [3.05, 3.63) is 87.9 Å². The molecule has 0 aromatic heterocycles. The lowest BCUT2D eigenvalue weighted by Gasteiger charge is -2.30. The minimum Gasteiger partial charge on any atom is -0.489 e. The summed E-state index contributed by atoms with van der Waals surface area (Å²) in [6, 6.07) is 17.8. The summed E-state index contributed by atoms with van der Waals surface area (Å²) in [7, 11) is 0. The quantitative estimate of drug-likeness (QED) is 0.308. The number of aliphatic hydroxyl groups is 2. The van der Waals surface area contributed by atoms with Crippen molar-refractivity contribution in [2.75, 3.05) is 0 Å². The number of carboxylic acids is 1. The molecule has 10 nitrogen and oxygen atoms in total. The summed E-state index contributed by atoms with van der Waals surface area (Å²) in [5.74, 6) is -1.46. The number of benzene rings is 3. The van der Waals surface area contributed by atoms with E-state index < -0.39 is 36.5 Å². The molecule has 6 rings (SSSR count). The molecule has 230 valence electrons. The standard InChI is InChI=1S/C33H32ClNO9/c34-26-10-7-20(13-25(26)33(41)44-30-15-22(36)14-29(43-30)32(39)40)19-4-1-3-18(11-19)17-42-23-8-9-24-21(12-23)16-35(31(24)38)27-5-2-6-28(27)37/h1,3-4,7-13,22,27-30,36-37H,2,5-6,14-17H2,(H,39,40). The van der Waals surface area contributed by atoms with Gasteiger partial charge in [-0.3, -0.25) is 4.79 Å². The number of esters is 1. The molecule has 1 saturated heterocycles. The molecule has 1 aliphatic carbocycles. The van der Waals surface area contributed by atoms with Gasteiger partial charge in [-0.05, 0) is 77.9 Å². The van der Waals surface area contributed by atoms with Crippen molar-refractivity contribution in [3.8, 4) is 16.9 Å². The van der Waals surface area contributed by atoms with E-state index in [4.69, 9.17) is 25.8 Å². The highest BCUT2D eigenvalue weighted by Gasteiger charge is 2.39. The maximum atomic E-state index is 13.0. The number of carbonyl (C=O) groups is 3. The van der Waals surface area contributed by atoms with Gasteiger partial charge in [0.1, 0.15) is 12.4 Å². The Bertz CT molecular complexity index is 1590. The number of nitrogens with zero attached hydrogens (tertiary/aromatic N) is 1. The highest BCUT2D eigenvalue weighted by atomic mass is 35.5. The summed E-state index contributed by atoms with van der Waals surface area (Å²) in [5.41, 5.74) is 3.97. The van der Waals surface area contributed by atoms with Crippen LogP contribution in [0.3, 0.4) is 0 Å². The second kappa shape index (κ2) is 12.6. The molecule has 3 aromatic carbocycles. The normalized spacial score (nSPS) is 24.7. The first-order chi connectivity index (χ1) is 21.2. The topological polar surface area (TPSA) is 143 Å². The van der Waals surface area contributed by atoms with E-state index in [1.807, 2.05) is 30.3 Å². The monoisotopic (exact) mass is 621 g/mol. The van der Waals surface area contributed by atoms with Crippen molar-refractivity contribution in [3.63, 3.8) is 0 Å². The van der Waals surface area contributed by atoms with E-state index in [9.17, 15) is 29.7 Å². The molecular weight excluding hydrogens is 590 g/mol. The third-order valence-corrected chi connectivity index (χ3v) is 8.72. The SMILES string of the molecule is O=C(OC1CC(O)CC(C(=O)O)O1)c1cc(-c2cccc(COc3ccc4c(c3)CN(C3CCCC3O)C4=O)c2)ccc1Cl. The zero-order chi connectivity index (χ0) is 31.0. The number of hydrogen-bond acceptors (Lipinski definition) is 8. The molecule has 0 spiro atoms. The zero-order valence-corrected chi connectivity index (χ0v) is 24.5. The van der Waals surface area contributed by atoms with E-state index in [1.54, 1.807) is 35.2 Å². The van der Waals surface area contributed by atoms with Crippen LogP contribution in [0, 0.1) is 0 Å². The molecule has 2 aliphatic heterocycles. The van der Waals surface area contributed by atoms with Gasteiger partial charge >= 0.3 is 11.9 Å². The van der Waals surface area contributed by atoms with Gasteiger partial charge in [-0.1, -0.05) is 35.9 Å². The minimum atomic E-state index is -1.27. The summed E-state index contributed by atoms with van der Waals surface area (Å²) >= 11 is 6.31. The lowest BCUT2D eigenvalue weighted by molar-refractivity contribution is -0.204. The van der Waals surface area contributed by atoms with Gasteiger partial charge < -0.3 is 34.4 Å². The van der Waals surface area contributed by atoms with Crippen LogP contribution >= 0.6 is 11.6 Å². The van der Waals surface area contributed by atoms with E-state index in [-0.39, 0.29) is 42.0 Å². The van der Waals surface area contributed by atoms with Gasteiger partial charge in [0.25, 0.3) is 5.91 Å². The summed E-state index contributed by atoms with van der Waals surface area (Å²) < 4.78 is 16.8. The van der Waals surface area contributed by atoms with Crippen LogP contribution in [0.1, 0.15) is 63.9 Å². The first kappa shape index (κ1) is 30.1. The Morgan fingerprint density at radius 1 is 1.00 bits per heavy atom. The Labute approximate surface area is 258 Å². The fourth-order valence-electron chi connectivity index (χ4n) is 6.11. The van der Waals surface area contributed by atoms with Crippen LogP contribution in [0.2, 0.25) is 5.02 Å². The first-order valence-corrected chi connectivity index (χ1v) is 14.9. The van der Waals surface area contributed by atoms with Crippen LogP contribution in [-0.2, 0) is 27.4 Å². The van der Waals surface area contributed by atoms with Crippen LogP contribution in [0.25, 0.3) is 11.1 Å². The summed E-state index contributed by atoms with van der Waals surface area (Å²) in [4.78, 5) is 39.0. The van der Waals surface area contributed by atoms with Gasteiger partial charge in [0.05, 0.1) is 28.8 Å². The van der Waals surface area contributed by atoms with Crippen LogP contribution in [-0.4, -0.2) is 68.7 Å². The van der Waals surface area contributed by atoms with Crippen molar-refractivity contribution in [1.29, 1.82) is 0 Å². The largest absolute Gasteiger partial charge is 0.489 e. The fraction of sp³-hybridized carbons (Fsp3) is 0.364. The van der Waals surface area contributed by atoms with Gasteiger partial charge in [-0.25, -0.2) is 9.59 Å². The maximum absolute atomic E-state index is 13.0. The van der Waals surface area contributed by atoms with E-state index in [0.29, 0.717) is 23.4 Å². The summed E-state index contributed by atoms with van der Waals surface area (Å²) in [5, 5.41) is 29.7. The Morgan fingerprint density at radius 2 is 1.82 bits per heavy atom. The Morgan fingerprint density at radius 3 is 2.59 bits per heavy atom. The van der Waals surface area contributed by atoms with Crippen molar-refractivity contribution in [1.82, 2.24) is 4.90 Å². The van der Waals surface area contributed by atoms with E-state index in [2.05, 4.69) is 0 Å². The molecule has 1 saturated carbocycles. The van der Waals surface area contributed by atoms with Gasteiger partial charge in [0.15, 0.2) is 6.10 Å². The van der Waals surface area contributed by atoms with Gasteiger partial charge in [-0.15, -0.1) is 0 Å². The number of rotatable bonds is 8. The van der Waals surface area contributed by atoms with Crippen LogP contribution in [0.5, 0.6) is 5.75 Å². The highest BCUT2D eigenvalue weighted by molar-refractivity contribution is 6.33. The van der Waals surface area contributed by atoms with Crippen LogP contribution in [0.4, 0.5) is 0 Å². The first-order valence-electron chi connectivity index (χ1n) is 14.6.